The van der Waals surface area contributed by atoms with Gasteiger partial charge in [-0.25, -0.2) is 4.79 Å². The summed E-state index contributed by atoms with van der Waals surface area (Å²) >= 11 is 0. The Morgan fingerprint density at radius 1 is 1.60 bits per heavy atom. The average molecular weight is 212 g/mol. The number of hydrogen-bond donors (Lipinski definition) is 2. The Kier molecular flexibility index (Phi) is 4.15. The molecule has 1 fully saturated rings. The number of nitrogens with zero attached hydrogens (tertiary/aromatic N) is 1. The molecule has 2 amide bonds. The quantitative estimate of drug-likeness (QED) is 0.678. The van der Waals surface area contributed by atoms with Crippen LogP contribution in [0.3, 0.4) is 0 Å². The van der Waals surface area contributed by atoms with Crippen LogP contribution in [0.1, 0.15) is 19.3 Å². The van der Waals surface area contributed by atoms with E-state index in [2.05, 4.69) is 11.9 Å². The van der Waals surface area contributed by atoms with E-state index in [4.69, 9.17) is 5.11 Å². The fourth-order valence-corrected chi connectivity index (χ4v) is 1.78. The molecule has 1 atom stereocenters. The van der Waals surface area contributed by atoms with Crippen molar-refractivity contribution in [2.75, 3.05) is 13.1 Å². The molecule has 15 heavy (non-hydrogen) atoms. The number of carboxylic acids is 1. The van der Waals surface area contributed by atoms with E-state index in [1.54, 1.807) is 11.0 Å². The van der Waals surface area contributed by atoms with Crippen LogP contribution in [0.25, 0.3) is 0 Å². The second kappa shape index (κ2) is 5.38. The summed E-state index contributed by atoms with van der Waals surface area (Å²) < 4.78 is 0. The van der Waals surface area contributed by atoms with Crippen molar-refractivity contribution in [1.29, 1.82) is 0 Å². The van der Waals surface area contributed by atoms with E-state index in [-0.39, 0.29) is 18.5 Å². The zero-order chi connectivity index (χ0) is 11.3. The van der Waals surface area contributed by atoms with Crippen LogP contribution in [-0.4, -0.2) is 41.1 Å². The molecule has 0 aromatic heterocycles. The normalized spacial score (nSPS) is 20.0. The summed E-state index contributed by atoms with van der Waals surface area (Å²) in [6.07, 6.45) is 3.27. The smallest absolute Gasteiger partial charge is 0.317 e. The predicted octanol–water partition coefficient (Wildman–Crippen LogP) is 0.821. The standard InChI is InChI=1S/C10H16N2O3/c1-2-5-11-10(15)12-6-3-4-8(12)7-9(13)14/h2,8H,1,3-7H2,(H,11,15)(H,13,14). The molecule has 0 radical (unpaired) electrons. The number of rotatable bonds is 4. The van der Waals surface area contributed by atoms with Crippen molar-refractivity contribution in [2.45, 2.75) is 25.3 Å². The number of carboxylic acid groups (broad SMARTS) is 1. The molecule has 0 aromatic carbocycles. The third-order valence-electron chi connectivity index (χ3n) is 2.45. The lowest BCUT2D eigenvalue weighted by Crippen LogP contribution is -2.43. The Morgan fingerprint density at radius 2 is 2.33 bits per heavy atom. The monoisotopic (exact) mass is 212 g/mol. The number of amides is 2. The fourth-order valence-electron chi connectivity index (χ4n) is 1.78. The van der Waals surface area contributed by atoms with E-state index in [0.29, 0.717) is 13.1 Å². The lowest BCUT2D eigenvalue weighted by atomic mass is 10.1. The zero-order valence-corrected chi connectivity index (χ0v) is 8.61. The molecule has 5 heteroatoms. The topological polar surface area (TPSA) is 69.6 Å². The molecule has 0 saturated carbocycles. The molecule has 84 valence electrons. The number of urea groups is 1. The largest absolute Gasteiger partial charge is 0.481 e. The number of likely N-dealkylation sites (tertiary alicyclic amines) is 1. The molecule has 1 aliphatic rings. The van der Waals surface area contributed by atoms with Crippen molar-refractivity contribution in [3.63, 3.8) is 0 Å². The van der Waals surface area contributed by atoms with Crippen molar-refractivity contribution in [1.82, 2.24) is 10.2 Å². The molecule has 2 N–H and O–H groups in total. The second-order valence-electron chi connectivity index (χ2n) is 3.56. The number of carbonyl (C=O) groups is 2. The van der Waals surface area contributed by atoms with Crippen LogP contribution in [0.4, 0.5) is 4.79 Å². The molecule has 0 bridgehead atoms. The van der Waals surface area contributed by atoms with E-state index < -0.39 is 5.97 Å². The van der Waals surface area contributed by atoms with E-state index >= 15 is 0 Å². The highest BCUT2D eigenvalue weighted by Crippen LogP contribution is 2.19. The van der Waals surface area contributed by atoms with Gasteiger partial charge in [0.1, 0.15) is 0 Å². The molecule has 5 nitrogen and oxygen atoms in total. The summed E-state index contributed by atoms with van der Waals surface area (Å²) in [7, 11) is 0. The lowest BCUT2D eigenvalue weighted by Gasteiger charge is -2.23. The summed E-state index contributed by atoms with van der Waals surface area (Å²) in [5.74, 6) is -0.858. The number of carbonyl (C=O) groups excluding carboxylic acids is 1. The van der Waals surface area contributed by atoms with Gasteiger partial charge in [0, 0.05) is 19.1 Å². The second-order valence-corrected chi connectivity index (χ2v) is 3.56. The van der Waals surface area contributed by atoms with Crippen LogP contribution in [0, 0.1) is 0 Å². The van der Waals surface area contributed by atoms with Gasteiger partial charge in [-0.2, -0.15) is 0 Å². The van der Waals surface area contributed by atoms with Gasteiger partial charge in [0.05, 0.1) is 6.42 Å². The highest BCUT2D eigenvalue weighted by molar-refractivity contribution is 5.76. The number of hydrogen-bond acceptors (Lipinski definition) is 2. The zero-order valence-electron chi connectivity index (χ0n) is 8.61. The highest BCUT2D eigenvalue weighted by atomic mass is 16.4. The Morgan fingerprint density at radius 3 is 2.93 bits per heavy atom. The first-order chi connectivity index (χ1) is 7.15. The van der Waals surface area contributed by atoms with Crippen LogP contribution < -0.4 is 5.32 Å². The van der Waals surface area contributed by atoms with Crippen LogP contribution >= 0.6 is 0 Å². The van der Waals surface area contributed by atoms with Crippen LogP contribution in [0.5, 0.6) is 0 Å². The Labute approximate surface area is 88.8 Å². The van der Waals surface area contributed by atoms with Gasteiger partial charge in [0.15, 0.2) is 0 Å². The molecule has 1 saturated heterocycles. The molecular formula is C10H16N2O3. The molecule has 1 rings (SSSR count). The number of nitrogens with one attached hydrogen (secondary N) is 1. The van der Waals surface area contributed by atoms with Crippen LogP contribution in [0.15, 0.2) is 12.7 Å². The van der Waals surface area contributed by atoms with Crippen molar-refractivity contribution >= 4 is 12.0 Å². The molecule has 1 aliphatic heterocycles. The summed E-state index contributed by atoms with van der Waals surface area (Å²) in [6, 6.07) is -0.356. The Bertz CT molecular complexity index is 265. The minimum Gasteiger partial charge on any atom is -0.481 e. The third kappa shape index (κ3) is 3.27. The minimum atomic E-state index is -0.858. The molecule has 0 aliphatic carbocycles. The molecule has 1 heterocycles. The minimum absolute atomic E-state index is 0.0293. The van der Waals surface area contributed by atoms with E-state index in [1.165, 1.54) is 0 Å². The average Bonchev–Trinajstić information content (AvgIpc) is 2.61. The summed E-state index contributed by atoms with van der Waals surface area (Å²) in [5, 5.41) is 11.3. The van der Waals surface area contributed by atoms with Gasteiger partial charge >= 0.3 is 12.0 Å². The van der Waals surface area contributed by atoms with Gasteiger partial charge in [0.25, 0.3) is 0 Å². The van der Waals surface area contributed by atoms with E-state index in [0.717, 1.165) is 12.8 Å². The molecule has 0 aromatic rings. The summed E-state index contributed by atoms with van der Waals surface area (Å²) in [4.78, 5) is 23.7. The lowest BCUT2D eigenvalue weighted by molar-refractivity contribution is -0.137. The van der Waals surface area contributed by atoms with Crippen molar-refractivity contribution in [2.24, 2.45) is 0 Å². The van der Waals surface area contributed by atoms with Gasteiger partial charge in [-0.15, -0.1) is 6.58 Å². The first-order valence-corrected chi connectivity index (χ1v) is 5.02. The van der Waals surface area contributed by atoms with Crippen LogP contribution in [0.2, 0.25) is 0 Å². The SMILES string of the molecule is C=CCNC(=O)N1CCCC1CC(=O)O. The maximum absolute atomic E-state index is 11.6. The molecule has 1 unspecified atom stereocenters. The van der Waals surface area contributed by atoms with Gasteiger partial charge in [0.2, 0.25) is 0 Å². The Balaban J connectivity index is 2.47. The maximum atomic E-state index is 11.6. The maximum Gasteiger partial charge on any atom is 0.317 e. The predicted molar refractivity (Wildman–Crippen MR) is 55.6 cm³/mol. The van der Waals surface area contributed by atoms with Gasteiger partial charge in [-0.1, -0.05) is 6.08 Å². The van der Waals surface area contributed by atoms with Gasteiger partial charge in [-0.05, 0) is 12.8 Å². The van der Waals surface area contributed by atoms with Gasteiger partial charge < -0.3 is 15.3 Å². The summed E-state index contributed by atoms with van der Waals surface area (Å²) in [6.45, 7) is 4.55. The first-order valence-electron chi connectivity index (χ1n) is 5.02. The third-order valence-corrected chi connectivity index (χ3v) is 2.45. The molecular weight excluding hydrogens is 196 g/mol. The first kappa shape index (κ1) is 11.6. The fraction of sp³-hybridized carbons (Fsp3) is 0.600. The van der Waals surface area contributed by atoms with Gasteiger partial charge in [-0.3, -0.25) is 4.79 Å². The highest BCUT2D eigenvalue weighted by Gasteiger charge is 2.29. The number of aliphatic carboxylic acids is 1. The van der Waals surface area contributed by atoms with E-state index in [9.17, 15) is 9.59 Å². The van der Waals surface area contributed by atoms with Crippen molar-refractivity contribution in [3.05, 3.63) is 12.7 Å². The van der Waals surface area contributed by atoms with Crippen LogP contribution in [-0.2, 0) is 4.79 Å². The Hall–Kier alpha value is -1.52. The van der Waals surface area contributed by atoms with E-state index in [1.807, 2.05) is 0 Å². The molecule has 0 spiro atoms. The van der Waals surface area contributed by atoms with Crippen molar-refractivity contribution < 1.29 is 14.7 Å². The van der Waals surface area contributed by atoms with Crippen molar-refractivity contribution in [3.8, 4) is 0 Å². The summed E-state index contributed by atoms with van der Waals surface area (Å²) in [5.41, 5.74) is 0.